The molecule has 0 spiro atoms. The predicted octanol–water partition coefficient (Wildman–Crippen LogP) is 3.42. The Hall–Kier alpha value is -0.150. The van der Waals surface area contributed by atoms with Crippen molar-refractivity contribution in [1.29, 1.82) is 0 Å². The summed E-state index contributed by atoms with van der Waals surface area (Å²) in [4.78, 5) is 12.7. The first-order chi connectivity index (χ1) is 6.25. The molecule has 1 aromatic rings. The van der Waals surface area contributed by atoms with E-state index in [1.807, 2.05) is 0 Å². The van der Waals surface area contributed by atoms with E-state index in [2.05, 4.69) is 27.4 Å². The molecule has 1 saturated carbocycles. The van der Waals surface area contributed by atoms with Gasteiger partial charge < -0.3 is 0 Å². The first-order valence-corrected chi connectivity index (χ1v) is 6.18. The Balaban J connectivity index is 2.01. The molecule has 3 heteroatoms. The molecule has 0 aromatic carbocycles. The molecule has 70 valence electrons. The number of Topliss-reactive ketones (excluding diaryl/α,β-unsaturated/α-hetero) is 1. The van der Waals surface area contributed by atoms with E-state index in [9.17, 15) is 4.79 Å². The number of hydrogen-bond donors (Lipinski definition) is 0. The van der Waals surface area contributed by atoms with Crippen molar-refractivity contribution in [3.63, 3.8) is 0 Å². The van der Waals surface area contributed by atoms with Crippen LogP contribution in [0.15, 0.2) is 15.9 Å². The minimum absolute atomic E-state index is 0.311. The molecule has 1 fully saturated rings. The minimum atomic E-state index is 0.311. The Labute approximate surface area is 90.3 Å². The lowest BCUT2D eigenvalue weighted by Crippen LogP contribution is -2.08. The van der Waals surface area contributed by atoms with Gasteiger partial charge in [-0.1, -0.05) is 0 Å². The number of thiophene rings is 1. The lowest BCUT2D eigenvalue weighted by molar-refractivity contribution is -0.120. The number of ketones is 1. The van der Waals surface area contributed by atoms with Gasteiger partial charge in [-0.2, -0.15) is 0 Å². The van der Waals surface area contributed by atoms with Crippen LogP contribution in [-0.2, 0) is 11.2 Å². The number of rotatable bonds is 2. The van der Waals surface area contributed by atoms with Crippen LogP contribution in [0.5, 0.6) is 0 Å². The van der Waals surface area contributed by atoms with Crippen molar-refractivity contribution in [2.24, 2.45) is 5.92 Å². The van der Waals surface area contributed by atoms with Gasteiger partial charge in [-0.25, -0.2) is 0 Å². The molecule has 2 rings (SSSR count). The van der Waals surface area contributed by atoms with E-state index in [0.717, 1.165) is 30.2 Å². The van der Waals surface area contributed by atoms with Crippen LogP contribution in [-0.4, -0.2) is 5.78 Å². The third-order valence-electron chi connectivity index (χ3n) is 2.50. The molecule has 1 aliphatic rings. The third kappa shape index (κ3) is 2.20. The van der Waals surface area contributed by atoms with Gasteiger partial charge in [0.2, 0.25) is 0 Å². The lowest BCUT2D eigenvalue weighted by Gasteiger charge is -2.04. The van der Waals surface area contributed by atoms with Gasteiger partial charge in [0.25, 0.3) is 0 Å². The number of carbonyl (C=O) groups excluding carboxylic acids is 1. The third-order valence-corrected chi connectivity index (χ3v) is 4.22. The first-order valence-electron chi connectivity index (χ1n) is 4.51. The molecule has 0 N–H and O–H groups in total. The molecule has 1 aromatic heterocycles. The first kappa shape index (κ1) is 9.41. The normalized spacial score (nSPS) is 22.5. The van der Waals surface area contributed by atoms with Gasteiger partial charge in [-0.3, -0.25) is 4.79 Å². The van der Waals surface area contributed by atoms with Crippen molar-refractivity contribution < 1.29 is 4.79 Å². The quantitative estimate of drug-likeness (QED) is 0.795. The molecule has 1 nitrogen and oxygen atoms in total. The topological polar surface area (TPSA) is 17.1 Å². The summed E-state index contributed by atoms with van der Waals surface area (Å²) in [5.41, 5.74) is 0. The van der Waals surface area contributed by atoms with Crippen LogP contribution in [0.25, 0.3) is 0 Å². The molecule has 1 atom stereocenters. The Kier molecular flexibility index (Phi) is 2.84. The standard InChI is InChI=1S/C10H11BrOS/c11-8-5-9(13-6-8)4-7-2-1-3-10(7)12/h5-7H,1-4H2. The van der Waals surface area contributed by atoms with E-state index in [4.69, 9.17) is 0 Å². The summed E-state index contributed by atoms with van der Waals surface area (Å²) in [6, 6.07) is 2.12. The Morgan fingerprint density at radius 3 is 3.00 bits per heavy atom. The van der Waals surface area contributed by atoms with E-state index in [-0.39, 0.29) is 0 Å². The highest BCUT2D eigenvalue weighted by atomic mass is 79.9. The molecule has 0 amide bonds. The maximum Gasteiger partial charge on any atom is 0.136 e. The van der Waals surface area contributed by atoms with E-state index in [0.29, 0.717) is 11.7 Å². The zero-order chi connectivity index (χ0) is 9.26. The van der Waals surface area contributed by atoms with Gasteiger partial charge in [0, 0.05) is 27.1 Å². The van der Waals surface area contributed by atoms with E-state index < -0.39 is 0 Å². The molecule has 0 radical (unpaired) electrons. The van der Waals surface area contributed by atoms with Gasteiger partial charge >= 0.3 is 0 Å². The average molecular weight is 259 g/mol. The summed E-state index contributed by atoms with van der Waals surface area (Å²) in [6.45, 7) is 0. The second-order valence-corrected chi connectivity index (χ2v) is 5.40. The minimum Gasteiger partial charge on any atom is -0.299 e. The second-order valence-electron chi connectivity index (χ2n) is 3.49. The summed E-state index contributed by atoms with van der Waals surface area (Å²) in [5, 5.41) is 2.08. The molecule has 0 aliphatic heterocycles. The maximum atomic E-state index is 11.4. The van der Waals surface area contributed by atoms with Crippen molar-refractivity contribution in [2.45, 2.75) is 25.7 Å². The van der Waals surface area contributed by atoms with Crippen LogP contribution in [0, 0.1) is 5.92 Å². The number of halogens is 1. The maximum absolute atomic E-state index is 11.4. The van der Waals surface area contributed by atoms with Crippen LogP contribution in [0.3, 0.4) is 0 Å². The predicted molar refractivity (Wildman–Crippen MR) is 58.1 cm³/mol. The fraction of sp³-hybridized carbons (Fsp3) is 0.500. The van der Waals surface area contributed by atoms with Crippen molar-refractivity contribution >= 4 is 33.0 Å². The van der Waals surface area contributed by atoms with Gasteiger partial charge in [0.15, 0.2) is 0 Å². The molecule has 13 heavy (non-hydrogen) atoms. The summed E-state index contributed by atoms with van der Waals surface area (Å²) in [7, 11) is 0. The smallest absolute Gasteiger partial charge is 0.136 e. The highest BCUT2D eigenvalue weighted by molar-refractivity contribution is 9.10. The number of hydrogen-bond acceptors (Lipinski definition) is 2. The van der Waals surface area contributed by atoms with Crippen molar-refractivity contribution in [1.82, 2.24) is 0 Å². The van der Waals surface area contributed by atoms with Crippen LogP contribution < -0.4 is 0 Å². The Morgan fingerprint density at radius 1 is 1.62 bits per heavy atom. The van der Waals surface area contributed by atoms with Gasteiger partial charge in [-0.05, 0) is 41.3 Å². The largest absolute Gasteiger partial charge is 0.299 e. The summed E-state index contributed by atoms with van der Waals surface area (Å²) in [6.07, 6.45) is 3.94. The monoisotopic (exact) mass is 258 g/mol. The van der Waals surface area contributed by atoms with Gasteiger partial charge in [0.05, 0.1) is 0 Å². The highest BCUT2D eigenvalue weighted by Gasteiger charge is 2.24. The zero-order valence-electron chi connectivity index (χ0n) is 7.25. The van der Waals surface area contributed by atoms with E-state index >= 15 is 0 Å². The summed E-state index contributed by atoms with van der Waals surface area (Å²) in [5.74, 6) is 0.773. The van der Waals surface area contributed by atoms with Gasteiger partial charge in [0.1, 0.15) is 5.78 Å². The SMILES string of the molecule is O=C1CCCC1Cc1cc(Br)cs1. The second kappa shape index (κ2) is 3.93. The fourth-order valence-electron chi connectivity index (χ4n) is 1.81. The molecular formula is C10H11BrOS. The van der Waals surface area contributed by atoms with E-state index in [1.54, 1.807) is 11.3 Å². The number of carbonyl (C=O) groups is 1. The molecule has 1 unspecified atom stereocenters. The summed E-state index contributed by atoms with van der Waals surface area (Å²) < 4.78 is 1.14. The molecule has 0 saturated heterocycles. The zero-order valence-corrected chi connectivity index (χ0v) is 9.66. The fourth-order valence-corrected chi connectivity index (χ4v) is 3.34. The molecule has 1 aliphatic carbocycles. The van der Waals surface area contributed by atoms with Crippen molar-refractivity contribution in [3.8, 4) is 0 Å². The highest BCUT2D eigenvalue weighted by Crippen LogP contribution is 2.28. The van der Waals surface area contributed by atoms with Crippen molar-refractivity contribution in [2.75, 3.05) is 0 Å². The lowest BCUT2D eigenvalue weighted by atomic mass is 10.0. The molecule has 0 bridgehead atoms. The van der Waals surface area contributed by atoms with Crippen LogP contribution in [0.1, 0.15) is 24.1 Å². The van der Waals surface area contributed by atoms with Crippen LogP contribution in [0.4, 0.5) is 0 Å². The average Bonchev–Trinajstić information content (AvgIpc) is 2.64. The Morgan fingerprint density at radius 2 is 2.46 bits per heavy atom. The molecule has 1 heterocycles. The van der Waals surface area contributed by atoms with Crippen LogP contribution >= 0.6 is 27.3 Å². The van der Waals surface area contributed by atoms with Gasteiger partial charge in [-0.15, -0.1) is 11.3 Å². The van der Waals surface area contributed by atoms with E-state index in [1.165, 1.54) is 4.88 Å². The Bertz CT molecular complexity index is 318. The van der Waals surface area contributed by atoms with Crippen LogP contribution in [0.2, 0.25) is 0 Å². The molecular weight excluding hydrogens is 248 g/mol. The summed E-state index contributed by atoms with van der Waals surface area (Å²) >= 11 is 5.16. The van der Waals surface area contributed by atoms with Crippen molar-refractivity contribution in [3.05, 3.63) is 20.8 Å².